The summed E-state index contributed by atoms with van der Waals surface area (Å²) >= 11 is 6.73. The number of nitrogens with two attached hydrogens (primary N) is 1. The van der Waals surface area contributed by atoms with Crippen LogP contribution >= 0.6 is 35.3 Å². The molecule has 3 rings (SSSR count). The molecule has 11 heteroatoms. The number of aromatic nitrogens is 2. The first kappa shape index (κ1) is 18.6. The van der Waals surface area contributed by atoms with E-state index in [4.69, 9.17) is 21.9 Å². The van der Waals surface area contributed by atoms with Gasteiger partial charge < -0.3 is 10.3 Å². The van der Waals surface area contributed by atoms with Gasteiger partial charge in [0.15, 0.2) is 5.82 Å². The van der Waals surface area contributed by atoms with Crippen LogP contribution in [0, 0.1) is 0 Å². The van der Waals surface area contributed by atoms with Crippen LogP contribution in [0.1, 0.15) is 37.4 Å². The molecule has 0 spiro atoms. The van der Waals surface area contributed by atoms with Gasteiger partial charge in [0.05, 0.1) is 16.4 Å². The van der Waals surface area contributed by atoms with E-state index in [-0.39, 0.29) is 29.1 Å². The quantitative estimate of drug-likeness (QED) is 0.799. The van der Waals surface area contributed by atoms with Crippen LogP contribution in [-0.4, -0.2) is 18.6 Å². The third-order valence-electron chi connectivity index (χ3n) is 3.64. The first-order valence-corrected chi connectivity index (χ1v) is 9.44. The van der Waals surface area contributed by atoms with E-state index in [0.29, 0.717) is 10.2 Å². The maximum atomic E-state index is 12.1. The zero-order valence-corrected chi connectivity index (χ0v) is 15.2. The summed E-state index contributed by atoms with van der Waals surface area (Å²) in [6.45, 7) is -0.0824. The monoisotopic (exact) mass is 398 g/mol. The smallest absolute Gasteiger partial charge is 0.250 e. The molecule has 23 heavy (non-hydrogen) atoms. The average molecular weight is 399 g/mol. The Labute approximate surface area is 149 Å². The molecule has 2 aromatic heterocycles. The lowest BCUT2D eigenvalue weighted by Crippen LogP contribution is -2.34. The van der Waals surface area contributed by atoms with Gasteiger partial charge in [-0.3, -0.25) is 0 Å². The molecule has 0 amide bonds. The molecular formula is C12H16Cl2N4O3S2. The van der Waals surface area contributed by atoms with E-state index in [2.05, 4.69) is 14.9 Å². The van der Waals surface area contributed by atoms with Gasteiger partial charge in [-0.1, -0.05) is 29.6 Å². The summed E-state index contributed by atoms with van der Waals surface area (Å²) in [5.74, 6) is 0.635. The van der Waals surface area contributed by atoms with Gasteiger partial charge in [-0.25, -0.2) is 13.1 Å². The van der Waals surface area contributed by atoms with Crippen LogP contribution in [0.5, 0.6) is 0 Å². The highest BCUT2D eigenvalue weighted by atomic mass is 35.5. The molecule has 0 atom stereocenters. The number of halogens is 2. The zero-order chi connectivity index (χ0) is 15.8. The lowest BCUT2D eigenvalue weighted by atomic mass is 9.99. The van der Waals surface area contributed by atoms with Gasteiger partial charge in [-0.2, -0.15) is 4.98 Å². The second kappa shape index (κ2) is 7.04. The van der Waals surface area contributed by atoms with Gasteiger partial charge in [-0.05, 0) is 25.0 Å². The van der Waals surface area contributed by atoms with Gasteiger partial charge in [0.1, 0.15) is 4.21 Å². The molecule has 7 nitrogen and oxygen atoms in total. The summed E-state index contributed by atoms with van der Waals surface area (Å²) in [4.78, 5) is 4.21. The number of rotatable bonds is 5. The number of sulfonamides is 1. The maximum absolute atomic E-state index is 12.1. The van der Waals surface area contributed by atoms with Crippen molar-refractivity contribution in [1.82, 2.24) is 14.9 Å². The van der Waals surface area contributed by atoms with E-state index in [1.807, 2.05) is 0 Å². The van der Waals surface area contributed by atoms with Crippen molar-refractivity contribution in [2.75, 3.05) is 0 Å². The lowest BCUT2D eigenvalue weighted by molar-refractivity contribution is 0.347. The van der Waals surface area contributed by atoms with Crippen LogP contribution in [-0.2, 0) is 22.1 Å². The van der Waals surface area contributed by atoms with E-state index in [0.717, 1.165) is 37.0 Å². The molecule has 0 aromatic carbocycles. The topological polar surface area (TPSA) is 111 Å². The highest BCUT2D eigenvalue weighted by Crippen LogP contribution is 2.34. The second-order valence-electron chi connectivity index (χ2n) is 5.26. The SMILES string of the molecule is Cl.NC1(c2noc(CNS(=O)(=O)c3ccc(Cl)s3)n2)CCCC1. The molecule has 1 saturated carbocycles. The minimum Gasteiger partial charge on any atom is -0.338 e. The minimum atomic E-state index is -3.64. The molecule has 2 heterocycles. The average Bonchev–Trinajstić information content (AvgIpc) is 3.17. The van der Waals surface area contributed by atoms with E-state index < -0.39 is 15.6 Å². The van der Waals surface area contributed by atoms with Gasteiger partial charge in [0, 0.05) is 0 Å². The van der Waals surface area contributed by atoms with Gasteiger partial charge >= 0.3 is 0 Å². The molecule has 0 aliphatic heterocycles. The van der Waals surface area contributed by atoms with Crippen molar-refractivity contribution in [3.63, 3.8) is 0 Å². The first-order chi connectivity index (χ1) is 10.4. The molecule has 128 valence electrons. The number of thiophene rings is 1. The number of hydrogen-bond acceptors (Lipinski definition) is 7. The summed E-state index contributed by atoms with van der Waals surface area (Å²) in [6.07, 6.45) is 3.69. The second-order valence-corrected chi connectivity index (χ2v) is 8.97. The summed E-state index contributed by atoms with van der Waals surface area (Å²) in [5.41, 5.74) is 5.68. The van der Waals surface area contributed by atoms with Crippen LogP contribution in [0.25, 0.3) is 0 Å². The number of hydrogen-bond donors (Lipinski definition) is 2. The normalized spacial score (nSPS) is 17.1. The Bertz CT molecular complexity index is 769. The van der Waals surface area contributed by atoms with Crippen LogP contribution in [0.2, 0.25) is 4.34 Å². The van der Waals surface area contributed by atoms with Crippen molar-refractivity contribution in [2.45, 2.75) is 42.0 Å². The highest BCUT2D eigenvalue weighted by Gasteiger charge is 2.36. The van der Waals surface area contributed by atoms with Crippen molar-refractivity contribution in [3.8, 4) is 0 Å². The Morgan fingerprint density at radius 2 is 2.09 bits per heavy atom. The molecule has 3 N–H and O–H groups in total. The third-order valence-corrected chi connectivity index (χ3v) is 6.76. The Balaban J connectivity index is 0.00000192. The highest BCUT2D eigenvalue weighted by molar-refractivity contribution is 7.91. The number of nitrogens with one attached hydrogen (secondary N) is 1. The summed E-state index contributed by atoms with van der Waals surface area (Å²) in [6, 6.07) is 2.98. The van der Waals surface area contributed by atoms with Crippen molar-refractivity contribution >= 4 is 45.4 Å². The molecular weight excluding hydrogens is 383 g/mol. The molecule has 2 aromatic rings. The first-order valence-electron chi connectivity index (χ1n) is 6.76. The van der Waals surface area contributed by atoms with Crippen LogP contribution in [0.15, 0.2) is 20.9 Å². The summed E-state index contributed by atoms with van der Waals surface area (Å²) in [7, 11) is -3.64. The maximum Gasteiger partial charge on any atom is 0.250 e. The fourth-order valence-electron chi connectivity index (χ4n) is 2.43. The molecule has 1 aliphatic rings. The van der Waals surface area contributed by atoms with Crippen LogP contribution in [0.4, 0.5) is 0 Å². The Morgan fingerprint density at radius 1 is 1.39 bits per heavy atom. The van der Waals surface area contributed by atoms with Crippen LogP contribution in [0.3, 0.4) is 0 Å². The van der Waals surface area contributed by atoms with E-state index in [1.165, 1.54) is 12.1 Å². The number of nitrogens with zero attached hydrogens (tertiary/aromatic N) is 2. The third kappa shape index (κ3) is 4.04. The van der Waals surface area contributed by atoms with E-state index in [9.17, 15) is 8.42 Å². The predicted molar refractivity (Wildman–Crippen MR) is 89.2 cm³/mol. The van der Waals surface area contributed by atoms with Gasteiger partial charge in [-0.15, -0.1) is 23.7 Å². The molecule has 0 unspecified atom stereocenters. The fourth-order valence-corrected chi connectivity index (χ4v) is 4.93. The zero-order valence-electron chi connectivity index (χ0n) is 12.0. The standard InChI is InChI=1S/C12H15ClN4O3S2.ClH/c13-8-3-4-10(21-8)22(18,19)15-7-9-16-11(17-20-9)12(14)5-1-2-6-12;/h3-4,15H,1-2,5-7,14H2;1H. The summed E-state index contributed by atoms with van der Waals surface area (Å²) in [5, 5.41) is 3.88. The minimum absolute atomic E-state index is 0. The molecule has 0 bridgehead atoms. The van der Waals surface area contributed by atoms with Crippen molar-refractivity contribution in [2.24, 2.45) is 5.73 Å². The van der Waals surface area contributed by atoms with E-state index >= 15 is 0 Å². The van der Waals surface area contributed by atoms with Crippen LogP contribution < -0.4 is 10.5 Å². The fraction of sp³-hybridized carbons (Fsp3) is 0.500. The van der Waals surface area contributed by atoms with Gasteiger partial charge in [0.2, 0.25) is 5.89 Å². The Morgan fingerprint density at radius 3 is 2.70 bits per heavy atom. The van der Waals surface area contributed by atoms with Crippen molar-refractivity contribution < 1.29 is 12.9 Å². The Kier molecular flexibility index (Phi) is 5.70. The van der Waals surface area contributed by atoms with Crippen molar-refractivity contribution in [1.29, 1.82) is 0 Å². The molecule has 0 saturated heterocycles. The summed E-state index contributed by atoms with van der Waals surface area (Å²) < 4.78 is 32.2. The molecule has 1 aliphatic carbocycles. The largest absolute Gasteiger partial charge is 0.338 e. The Hall–Kier alpha value is -0.710. The van der Waals surface area contributed by atoms with Gasteiger partial charge in [0.25, 0.3) is 10.0 Å². The molecule has 0 radical (unpaired) electrons. The molecule has 1 fully saturated rings. The van der Waals surface area contributed by atoms with E-state index in [1.54, 1.807) is 0 Å². The van der Waals surface area contributed by atoms with Crippen molar-refractivity contribution in [3.05, 3.63) is 28.2 Å². The lowest BCUT2D eigenvalue weighted by Gasteiger charge is -2.17. The predicted octanol–water partition coefficient (Wildman–Crippen LogP) is 2.41.